The summed E-state index contributed by atoms with van der Waals surface area (Å²) in [6.45, 7) is 10.9. The second kappa shape index (κ2) is 14.4. The summed E-state index contributed by atoms with van der Waals surface area (Å²) in [6, 6.07) is 15.3. The normalized spacial score (nSPS) is 15.6. The Bertz CT molecular complexity index is 774. The number of methoxy groups -OCH3 is 1. The average molecular weight is 435 g/mol. The van der Waals surface area contributed by atoms with Crippen LogP contribution < -0.4 is 0 Å². The highest BCUT2D eigenvalue weighted by Crippen LogP contribution is 2.16. The lowest BCUT2D eigenvalue weighted by atomic mass is 10.2. The van der Waals surface area contributed by atoms with Crippen LogP contribution in [0, 0.1) is 24.2 Å². The van der Waals surface area contributed by atoms with Gasteiger partial charge in [0.15, 0.2) is 0 Å². The third-order valence-corrected chi connectivity index (χ3v) is 5.38. The van der Waals surface area contributed by atoms with Gasteiger partial charge in [-0.25, -0.2) is 0 Å². The van der Waals surface area contributed by atoms with E-state index in [0.29, 0.717) is 10.6 Å². The first-order valence-corrected chi connectivity index (χ1v) is 10.8. The van der Waals surface area contributed by atoms with Gasteiger partial charge in [-0.15, -0.1) is 0 Å². The molecule has 0 N–H and O–H groups in total. The molecule has 29 heavy (non-hydrogen) atoms. The first-order chi connectivity index (χ1) is 13.9. The number of hydrogen-bond donors (Lipinski definition) is 0. The first kappa shape index (κ1) is 25.5. The van der Waals surface area contributed by atoms with Gasteiger partial charge in [0.2, 0.25) is 0 Å². The van der Waals surface area contributed by atoms with Crippen molar-refractivity contribution in [1.29, 1.82) is 5.26 Å². The lowest BCUT2D eigenvalue weighted by molar-refractivity contribution is 0.159. The Morgan fingerprint density at radius 1 is 1.17 bits per heavy atom. The van der Waals surface area contributed by atoms with Crippen LogP contribution in [-0.2, 0) is 11.2 Å². The Morgan fingerprint density at radius 2 is 1.90 bits per heavy atom. The minimum absolute atomic E-state index is 0.530. The third-order valence-electron chi connectivity index (χ3n) is 4.70. The molecule has 3 rings (SSSR count). The molecule has 0 amide bonds. The molecular formula is C24H32Cl2N2O. The van der Waals surface area contributed by atoms with E-state index in [1.165, 1.54) is 25.1 Å². The maximum Gasteiger partial charge on any atom is 0.101 e. The van der Waals surface area contributed by atoms with Crippen molar-refractivity contribution in [3.05, 3.63) is 69.2 Å². The van der Waals surface area contributed by atoms with Gasteiger partial charge in [0.25, 0.3) is 0 Å². The monoisotopic (exact) mass is 434 g/mol. The minimum atomic E-state index is 0.530. The van der Waals surface area contributed by atoms with E-state index in [-0.39, 0.29) is 0 Å². The van der Waals surface area contributed by atoms with Crippen molar-refractivity contribution in [2.45, 2.75) is 33.6 Å². The molecule has 158 valence electrons. The summed E-state index contributed by atoms with van der Waals surface area (Å²) in [5, 5.41) is 9.88. The van der Waals surface area contributed by atoms with Crippen LogP contribution in [-0.4, -0.2) is 38.3 Å². The Labute approximate surface area is 186 Å². The lowest BCUT2D eigenvalue weighted by Gasteiger charge is -2.13. The van der Waals surface area contributed by atoms with Gasteiger partial charge < -0.3 is 9.64 Å². The van der Waals surface area contributed by atoms with Crippen molar-refractivity contribution >= 4 is 23.2 Å². The maximum absolute atomic E-state index is 8.47. The largest absolute Gasteiger partial charge is 0.383 e. The maximum atomic E-state index is 8.47. The summed E-state index contributed by atoms with van der Waals surface area (Å²) in [7, 11) is 1.76. The summed E-state index contributed by atoms with van der Waals surface area (Å²) in [5.41, 5.74) is 2.83. The molecule has 1 fully saturated rings. The highest BCUT2D eigenvalue weighted by Gasteiger charge is 2.17. The van der Waals surface area contributed by atoms with Crippen molar-refractivity contribution < 1.29 is 4.74 Å². The Balaban J connectivity index is 0.000000218. The van der Waals surface area contributed by atoms with Gasteiger partial charge in [-0.2, -0.15) is 5.26 Å². The number of nitriles is 1. The fraction of sp³-hybridized carbons (Fsp3) is 0.458. The van der Waals surface area contributed by atoms with E-state index < -0.39 is 0 Å². The van der Waals surface area contributed by atoms with Gasteiger partial charge in [-0.3, -0.25) is 0 Å². The van der Waals surface area contributed by atoms with Crippen LogP contribution in [0.1, 0.15) is 37.0 Å². The lowest BCUT2D eigenvalue weighted by Crippen LogP contribution is -2.24. The van der Waals surface area contributed by atoms with Crippen molar-refractivity contribution in [2.75, 3.05) is 33.4 Å². The van der Waals surface area contributed by atoms with Crippen LogP contribution in [0.3, 0.4) is 0 Å². The number of likely N-dealkylation sites (tertiary alicyclic amines) is 1. The molecule has 1 aliphatic rings. The molecule has 0 radical (unpaired) electrons. The van der Waals surface area contributed by atoms with E-state index in [1.807, 2.05) is 43.3 Å². The number of ether oxygens (including phenoxy) is 1. The zero-order valence-electron chi connectivity index (χ0n) is 17.9. The predicted octanol–water partition coefficient (Wildman–Crippen LogP) is 6.40. The standard InChI is InChI=1S/C8H6ClN.C8H9Cl.C8H17NO/c1-6-2-3-7(5-10)8(9)4-6;1-2-7-5-3-4-6-8(7)9;1-8-3-4-9(7-8)5-6-10-2/h2-4H,1H3;3-6H,2H2,1H3;8H,3-7H2,1-2H3. The van der Waals surface area contributed by atoms with Crippen molar-refractivity contribution in [1.82, 2.24) is 4.90 Å². The Morgan fingerprint density at radius 3 is 2.38 bits per heavy atom. The smallest absolute Gasteiger partial charge is 0.101 e. The molecule has 0 bridgehead atoms. The van der Waals surface area contributed by atoms with Crippen LogP contribution in [0.15, 0.2) is 42.5 Å². The topological polar surface area (TPSA) is 36.3 Å². The van der Waals surface area contributed by atoms with Crippen molar-refractivity contribution in [3.63, 3.8) is 0 Å². The summed E-state index contributed by atoms with van der Waals surface area (Å²) in [6.07, 6.45) is 2.38. The number of aryl methyl sites for hydroxylation is 2. The summed E-state index contributed by atoms with van der Waals surface area (Å²) in [4.78, 5) is 2.47. The van der Waals surface area contributed by atoms with Gasteiger partial charge in [-0.1, -0.05) is 61.3 Å². The number of rotatable bonds is 4. The molecule has 5 heteroatoms. The van der Waals surface area contributed by atoms with Gasteiger partial charge >= 0.3 is 0 Å². The van der Waals surface area contributed by atoms with Crippen molar-refractivity contribution in [3.8, 4) is 6.07 Å². The van der Waals surface area contributed by atoms with E-state index in [4.69, 9.17) is 33.2 Å². The van der Waals surface area contributed by atoms with E-state index in [1.54, 1.807) is 19.2 Å². The molecule has 2 aromatic rings. The second-order valence-electron chi connectivity index (χ2n) is 7.23. The fourth-order valence-corrected chi connectivity index (χ4v) is 3.49. The predicted molar refractivity (Wildman–Crippen MR) is 124 cm³/mol. The zero-order valence-corrected chi connectivity index (χ0v) is 19.4. The molecule has 0 aromatic heterocycles. The highest BCUT2D eigenvalue weighted by molar-refractivity contribution is 6.31. The zero-order chi connectivity index (χ0) is 21.6. The highest BCUT2D eigenvalue weighted by atomic mass is 35.5. The van der Waals surface area contributed by atoms with E-state index in [9.17, 15) is 0 Å². The number of nitrogens with zero attached hydrogens (tertiary/aromatic N) is 2. The summed E-state index contributed by atoms with van der Waals surface area (Å²) in [5.74, 6) is 0.900. The molecule has 0 aliphatic carbocycles. The third kappa shape index (κ3) is 10.1. The van der Waals surface area contributed by atoms with Gasteiger partial charge in [0.05, 0.1) is 17.2 Å². The molecule has 1 unspecified atom stereocenters. The second-order valence-corrected chi connectivity index (χ2v) is 8.04. The molecular weight excluding hydrogens is 403 g/mol. The van der Waals surface area contributed by atoms with E-state index >= 15 is 0 Å². The average Bonchev–Trinajstić information content (AvgIpc) is 3.13. The number of hydrogen-bond acceptors (Lipinski definition) is 3. The molecule has 1 saturated heterocycles. The van der Waals surface area contributed by atoms with Gasteiger partial charge in [-0.05, 0) is 61.6 Å². The first-order valence-electron chi connectivity index (χ1n) is 10.0. The molecule has 1 heterocycles. The molecule has 1 aliphatic heterocycles. The molecule has 3 nitrogen and oxygen atoms in total. The Hall–Kier alpha value is -1.57. The molecule has 1 atom stereocenters. The van der Waals surface area contributed by atoms with E-state index in [2.05, 4.69) is 18.7 Å². The van der Waals surface area contributed by atoms with E-state index in [0.717, 1.165) is 36.1 Å². The van der Waals surface area contributed by atoms with Crippen LogP contribution in [0.25, 0.3) is 0 Å². The minimum Gasteiger partial charge on any atom is -0.383 e. The van der Waals surface area contributed by atoms with Crippen LogP contribution in [0.5, 0.6) is 0 Å². The van der Waals surface area contributed by atoms with Crippen LogP contribution in [0.2, 0.25) is 10.0 Å². The summed E-state index contributed by atoms with van der Waals surface area (Å²) < 4.78 is 5.00. The van der Waals surface area contributed by atoms with Gasteiger partial charge in [0, 0.05) is 25.2 Å². The quantitative estimate of drug-likeness (QED) is 0.558. The summed E-state index contributed by atoms with van der Waals surface area (Å²) >= 11 is 11.5. The number of benzene rings is 2. The molecule has 2 aromatic carbocycles. The number of halogens is 2. The van der Waals surface area contributed by atoms with Crippen molar-refractivity contribution in [2.24, 2.45) is 5.92 Å². The molecule has 0 spiro atoms. The van der Waals surface area contributed by atoms with Crippen LogP contribution in [0.4, 0.5) is 0 Å². The fourth-order valence-electron chi connectivity index (χ4n) is 2.95. The van der Waals surface area contributed by atoms with Crippen LogP contribution >= 0.6 is 23.2 Å². The van der Waals surface area contributed by atoms with Gasteiger partial charge in [0.1, 0.15) is 6.07 Å². The Kier molecular flexibility index (Phi) is 12.7. The molecule has 0 saturated carbocycles. The SMILES string of the molecule is CCc1ccccc1Cl.COCCN1CCC(C)C1.Cc1ccc(C#N)c(Cl)c1.